The number of allylic oxidation sites excluding steroid dienone is 20. The lowest BCUT2D eigenvalue weighted by molar-refractivity contribution is -0.301. The molecule has 0 amide bonds. The normalized spacial score (nSPS) is 18.7. The summed E-state index contributed by atoms with van der Waals surface area (Å²) in [6.45, 7) is 5.69. The molecule has 0 saturated carbocycles. The summed E-state index contributed by atoms with van der Waals surface area (Å²) in [7, 11) is 0. The Morgan fingerprint density at radius 3 is 1.27 bits per heavy atom. The molecule has 1 aliphatic rings. The maximum Gasteiger partial charge on any atom is 0.335 e. The topological polar surface area (TPSA) is 175 Å². The van der Waals surface area contributed by atoms with Crippen LogP contribution in [0.25, 0.3) is 0 Å². The number of carbonyl (C=O) groups excluding carboxylic acids is 3. The Hall–Kier alpha value is -4.88. The zero-order valence-electron chi connectivity index (χ0n) is 49.1. The highest BCUT2D eigenvalue weighted by molar-refractivity contribution is 5.74. The minimum absolute atomic E-state index is 0.0198. The number of aliphatic hydroxyl groups excluding tert-OH is 2. The molecule has 0 aromatic carbocycles. The third kappa shape index (κ3) is 43.6. The average molecular weight is 1100 g/mol. The van der Waals surface area contributed by atoms with Crippen LogP contribution in [0.4, 0.5) is 0 Å². The molecule has 1 saturated heterocycles. The van der Waals surface area contributed by atoms with Crippen molar-refractivity contribution in [2.45, 2.75) is 263 Å². The highest BCUT2D eigenvalue weighted by atomic mass is 16.7. The van der Waals surface area contributed by atoms with Gasteiger partial charge in [-0.3, -0.25) is 14.4 Å². The molecule has 446 valence electrons. The Labute approximate surface area is 478 Å². The maximum atomic E-state index is 13.2. The van der Waals surface area contributed by atoms with Gasteiger partial charge >= 0.3 is 23.9 Å². The predicted molar refractivity (Wildman–Crippen MR) is 321 cm³/mol. The van der Waals surface area contributed by atoms with Crippen LogP contribution in [0.5, 0.6) is 0 Å². The van der Waals surface area contributed by atoms with E-state index in [1.54, 1.807) is 0 Å². The molecule has 12 heteroatoms. The summed E-state index contributed by atoms with van der Waals surface area (Å²) >= 11 is 0. The van der Waals surface area contributed by atoms with Crippen molar-refractivity contribution in [3.63, 3.8) is 0 Å². The fraction of sp³-hybridized carbons (Fsp3) is 0.642. The number of rotatable bonds is 50. The van der Waals surface area contributed by atoms with E-state index < -0.39 is 67.3 Å². The third-order valence-electron chi connectivity index (χ3n) is 13.0. The van der Waals surface area contributed by atoms with Crippen LogP contribution in [0.15, 0.2) is 122 Å². The minimum atomic E-state index is -1.93. The van der Waals surface area contributed by atoms with Crippen molar-refractivity contribution in [3.8, 4) is 0 Å². The second kappa shape index (κ2) is 53.7. The van der Waals surface area contributed by atoms with Gasteiger partial charge in [0.1, 0.15) is 18.8 Å². The Morgan fingerprint density at radius 1 is 0.430 bits per heavy atom. The van der Waals surface area contributed by atoms with E-state index in [1.807, 2.05) is 6.08 Å². The fourth-order valence-electron chi connectivity index (χ4n) is 8.39. The number of hydrogen-bond acceptors (Lipinski definition) is 11. The molecule has 0 aromatic heterocycles. The smallest absolute Gasteiger partial charge is 0.335 e. The molecule has 1 aliphatic heterocycles. The molecule has 1 heterocycles. The molecule has 0 bridgehead atoms. The molecule has 1 fully saturated rings. The molecule has 0 radical (unpaired) electrons. The molecule has 12 nitrogen and oxygen atoms in total. The van der Waals surface area contributed by atoms with Gasteiger partial charge in [0.2, 0.25) is 0 Å². The fourth-order valence-corrected chi connectivity index (χ4v) is 8.39. The molecular weight excluding hydrogens is 997 g/mol. The van der Waals surface area contributed by atoms with Crippen LogP contribution in [0.1, 0.15) is 226 Å². The zero-order valence-corrected chi connectivity index (χ0v) is 49.1. The number of hydrogen-bond donors (Lipinski definition) is 3. The van der Waals surface area contributed by atoms with Gasteiger partial charge in [-0.25, -0.2) is 4.79 Å². The Kier molecular flexibility index (Phi) is 49.1. The number of carboxylic acid groups (broad SMARTS) is 1. The molecule has 1 rings (SSSR count). The first-order chi connectivity index (χ1) is 38.6. The summed E-state index contributed by atoms with van der Waals surface area (Å²) in [5.41, 5.74) is 0. The van der Waals surface area contributed by atoms with Crippen molar-refractivity contribution < 1.29 is 58.2 Å². The number of carboxylic acids is 1. The highest BCUT2D eigenvalue weighted by Crippen LogP contribution is 2.26. The SMILES string of the molecule is CC/C=C\C/C=C\C/C=C\C/C=C\C/C=C\CCCC(=O)OCC(COC1OC(C(=O)O)C(O)C(O)C1OC(=O)CCCCCC/C=C\C/C=C\C/C=C\C/C=C\CC)OC(=O)CCCCCCC/C=C\CCCCCCCC. The van der Waals surface area contributed by atoms with Crippen molar-refractivity contribution in [1.82, 2.24) is 0 Å². The first-order valence-electron chi connectivity index (χ1n) is 30.5. The van der Waals surface area contributed by atoms with Gasteiger partial charge < -0.3 is 39.0 Å². The van der Waals surface area contributed by atoms with E-state index in [2.05, 4.69) is 136 Å². The lowest BCUT2D eigenvalue weighted by Gasteiger charge is -2.40. The van der Waals surface area contributed by atoms with Crippen LogP contribution >= 0.6 is 0 Å². The molecule has 0 aromatic rings. The van der Waals surface area contributed by atoms with E-state index in [9.17, 15) is 34.5 Å². The standard InChI is InChI=1S/C67H106O12/c1-4-7-10-13-16-19-22-25-28-30-33-35-38-41-44-47-50-53-59(68)75-56-58(77-60(69)54-51-48-45-42-39-36-32-27-24-21-18-15-12-9-6-3)57-76-67-65(63(72)62(71)64(79-67)66(73)74)78-61(70)55-52-49-46-43-40-37-34-31-29-26-23-20-17-14-11-8-5-2/h7-8,10-11,16-17,19-20,25-29,32-35,37,41,44,58,62-65,67,71-72H,4-6,9,12-15,18,21-24,30-31,36,38-40,42-43,45-57H2,1-3H3,(H,73,74)/b10-7-,11-8-,19-16-,20-17-,28-25-,29-26-,32-27-,35-33-,37-34-,44-41-. The van der Waals surface area contributed by atoms with Crippen LogP contribution in [0.3, 0.4) is 0 Å². The Morgan fingerprint density at radius 2 is 0.810 bits per heavy atom. The van der Waals surface area contributed by atoms with Crippen LogP contribution in [0, 0.1) is 0 Å². The zero-order chi connectivity index (χ0) is 57.5. The summed E-state index contributed by atoms with van der Waals surface area (Å²) in [6.07, 6.45) is 61.6. The molecule has 79 heavy (non-hydrogen) atoms. The molecule has 3 N–H and O–H groups in total. The minimum Gasteiger partial charge on any atom is -0.479 e. The summed E-state index contributed by atoms with van der Waals surface area (Å²) in [4.78, 5) is 51.2. The quantitative estimate of drug-likeness (QED) is 0.0228. The Balaban J connectivity index is 2.75. The van der Waals surface area contributed by atoms with Gasteiger partial charge in [0, 0.05) is 19.3 Å². The van der Waals surface area contributed by atoms with Crippen molar-refractivity contribution in [2.75, 3.05) is 13.2 Å². The van der Waals surface area contributed by atoms with Gasteiger partial charge in [-0.1, -0.05) is 206 Å². The number of aliphatic hydroxyl groups is 2. The molecular formula is C67H106O12. The monoisotopic (exact) mass is 1100 g/mol. The van der Waals surface area contributed by atoms with E-state index in [0.29, 0.717) is 25.7 Å². The van der Waals surface area contributed by atoms with E-state index in [4.69, 9.17) is 23.7 Å². The highest BCUT2D eigenvalue weighted by Gasteiger charge is 2.50. The lowest BCUT2D eigenvalue weighted by Crippen LogP contribution is -2.61. The van der Waals surface area contributed by atoms with Gasteiger partial charge in [-0.05, 0) is 122 Å². The first kappa shape index (κ1) is 72.1. The lowest BCUT2D eigenvalue weighted by atomic mass is 9.98. The van der Waals surface area contributed by atoms with Crippen molar-refractivity contribution in [2.24, 2.45) is 0 Å². The number of ether oxygens (including phenoxy) is 5. The van der Waals surface area contributed by atoms with Gasteiger partial charge in [-0.15, -0.1) is 0 Å². The number of aliphatic carboxylic acids is 1. The van der Waals surface area contributed by atoms with Crippen LogP contribution in [-0.2, 0) is 42.9 Å². The number of unbranched alkanes of at least 4 members (excludes halogenated alkanes) is 16. The summed E-state index contributed by atoms with van der Waals surface area (Å²) in [6, 6.07) is 0. The number of esters is 3. The van der Waals surface area contributed by atoms with Crippen molar-refractivity contribution in [3.05, 3.63) is 122 Å². The van der Waals surface area contributed by atoms with Gasteiger partial charge in [0.05, 0.1) is 6.61 Å². The molecule has 0 spiro atoms. The van der Waals surface area contributed by atoms with E-state index >= 15 is 0 Å². The second-order valence-electron chi connectivity index (χ2n) is 20.2. The predicted octanol–water partition coefficient (Wildman–Crippen LogP) is 16.0. The van der Waals surface area contributed by atoms with E-state index in [1.165, 1.54) is 38.5 Å². The van der Waals surface area contributed by atoms with Crippen LogP contribution in [-0.4, -0.2) is 89.2 Å². The summed E-state index contributed by atoms with van der Waals surface area (Å²) < 4.78 is 28.4. The second-order valence-corrected chi connectivity index (χ2v) is 20.2. The Bertz CT molecular complexity index is 1840. The van der Waals surface area contributed by atoms with Gasteiger partial charge in [0.15, 0.2) is 24.6 Å². The van der Waals surface area contributed by atoms with Crippen LogP contribution in [0.2, 0.25) is 0 Å². The molecule has 0 aliphatic carbocycles. The average Bonchev–Trinajstić information content (AvgIpc) is 3.47. The maximum absolute atomic E-state index is 13.2. The molecule has 6 atom stereocenters. The van der Waals surface area contributed by atoms with Gasteiger partial charge in [-0.2, -0.15) is 0 Å². The number of carbonyl (C=O) groups is 4. The van der Waals surface area contributed by atoms with Gasteiger partial charge in [0.25, 0.3) is 0 Å². The summed E-state index contributed by atoms with van der Waals surface area (Å²) in [5, 5.41) is 31.5. The summed E-state index contributed by atoms with van der Waals surface area (Å²) in [5.74, 6) is -3.25. The molecule has 6 unspecified atom stereocenters. The van der Waals surface area contributed by atoms with Crippen molar-refractivity contribution in [1.29, 1.82) is 0 Å². The van der Waals surface area contributed by atoms with Crippen LogP contribution < -0.4 is 0 Å². The van der Waals surface area contributed by atoms with Crippen molar-refractivity contribution >= 4 is 23.9 Å². The first-order valence-corrected chi connectivity index (χ1v) is 30.5. The largest absolute Gasteiger partial charge is 0.479 e. The van der Waals surface area contributed by atoms with E-state index in [0.717, 1.165) is 122 Å². The third-order valence-corrected chi connectivity index (χ3v) is 13.0. The van der Waals surface area contributed by atoms with E-state index in [-0.39, 0.29) is 25.9 Å².